The van der Waals surface area contributed by atoms with E-state index >= 15 is 0 Å². The minimum Gasteiger partial charge on any atom is -0.491 e. The van der Waals surface area contributed by atoms with Gasteiger partial charge in [-0.2, -0.15) is 0 Å². The van der Waals surface area contributed by atoms with Gasteiger partial charge in [0.25, 0.3) is 5.88 Å². The number of hydrogen-bond acceptors (Lipinski definition) is 6. The number of benzene rings is 1. The molecule has 2 aromatic heterocycles. The highest BCUT2D eigenvalue weighted by Gasteiger charge is 2.20. The minimum absolute atomic E-state index is 0.0329. The molecule has 0 unspecified atom stereocenters. The number of nitrogens with zero attached hydrogens (tertiary/aromatic N) is 2. The van der Waals surface area contributed by atoms with Gasteiger partial charge in [0, 0.05) is 23.9 Å². The van der Waals surface area contributed by atoms with Gasteiger partial charge in [-0.05, 0) is 0 Å². The SMILES string of the molecule is COc1cc2ncc(F)c(Oc3c(F)cc(N)cc3F)c2nc1OC. The fourth-order valence-electron chi connectivity index (χ4n) is 2.20. The summed E-state index contributed by atoms with van der Waals surface area (Å²) in [6.07, 6.45) is 0.846. The molecule has 0 bridgehead atoms. The van der Waals surface area contributed by atoms with Gasteiger partial charge in [0.2, 0.25) is 0 Å². The smallest absolute Gasteiger partial charge is 0.257 e. The summed E-state index contributed by atoms with van der Waals surface area (Å²) in [5.41, 5.74) is 5.31. The predicted octanol–water partition coefficient (Wildman–Crippen LogP) is 3.44. The average molecular weight is 351 g/mol. The lowest BCUT2D eigenvalue weighted by atomic mass is 10.2. The van der Waals surface area contributed by atoms with E-state index in [0.717, 1.165) is 18.3 Å². The molecule has 0 amide bonds. The van der Waals surface area contributed by atoms with Crippen LogP contribution in [0.1, 0.15) is 0 Å². The fraction of sp³-hybridized carbons (Fsp3) is 0.125. The molecular formula is C16H12F3N3O3. The predicted molar refractivity (Wildman–Crippen MR) is 83.4 cm³/mol. The van der Waals surface area contributed by atoms with Gasteiger partial charge in [-0.1, -0.05) is 0 Å². The fourth-order valence-corrected chi connectivity index (χ4v) is 2.20. The summed E-state index contributed by atoms with van der Waals surface area (Å²) in [6, 6.07) is 3.15. The number of rotatable bonds is 4. The van der Waals surface area contributed by atoms with Crippen LogP contribution < -0.4 is 19.9 Å². The molecule has 0 spiro atoms. The molecule has 9 heteroatoms. The Kier molecular flexibility index (Phi) is 4.22. The van der Waals surface area contributed by atoms with Crippen LogP contribution in [0.5, 0.6) is 23.1 Å². The summed E-state index contributed by atoms with van der Waals surface area (Å²) in [7, 11) is 2.73. The molecule has 0 fully saturated rings. The topological polar surface area (TPSA) is 79.5 Å². The van der Waals surface area contributed by atoms with Gasteiger partial charge in [0.05, 0.1) is 25.9 Å². The number of aromatic nitrogens is 2. The Hall–Kier alpha value is -3.23. The third kappa shape index (κ3) is 2.95. The van der Waals surface area contributed by atoms with Gasteiger partial charge in [0.15, 0.2) is 34.7 Å². The maximum absolute atomic E-state index is 14.2. The Labute approximate surface area is 140 Å². The van der Waals surface area contributed by atoms with Crippen molar-refractivity contribution in [1.82, 2.24) is 9.97 Å². The lowest BCUT2D eigenvalue weighted by Gasteiger charge is -2.13. The number of pyridine rings is 2. The molecule has 25 heavy (non-hydrogen) atoms. The highest BCUT2D eigenvalue weighted by atomic mass is 19.1. The second-order valence-electron chi connectivity index (χ2n) is 4.92. The molecule has 130 valence electrons. The van der Waals surface area contributed by atoms with Crippen LogP contribution in [0.4, 0.5) is 18.9 Å². The Balaban J connectivity index is 2.20. The molecule has 1 aromatic carbocycles. The maximum atomic E-state index is 14.2. The molecule has 6 nitrogen and oxygen atoms in total. The summed E-state index contributed by atoms with van der Waals surface area (Å²) < 4.78 is 57.4. The number of hydrogen-bond donors (Lipinski definition) is 1. The van der Waals surface area contributed by atoms with E-state index in [2.05, 4.69) is 9.97 Å². The molecular weight excluding hydrogens is 339 g/mol. The van der Waals surface area contributed by atoms with Gasteiger partial charge in [-0.25, -0.2) is 18.2 Å². The molecule has 0 aliphatic rings. The van der Waals surface area contributed by atoms with E-state index in [4.69, 9.17) is 19.9 Å². The number of methoxy groups -OCH3 is 2. The van der Waals surface area contributed by atoms with Gasteiger partial charge in [0.1, 0.15) is 5.52 Å². The van der Waals surface area contributed by atoms with Crippen molar-refractivity contribution in [2.24, 2.45) is 0 Å². The van der Waals surface area contributed by atoms with E-state index < -0.39 is 29.0 Å². The molecule has 0 radical (unpaired) electrons. The van der Waals surface area contributed by atoms with Crippen molar-refractivity contribution in [2.45, 2.75) is 0 Å². The van der Waals surface area contributed by atoms with Gasteiger partial charge in [-0.3, -0.25) is 4.98 Å². The number of ether oxygens (including phenoxy) is 3. The van der Waals surface area contributed by atoms with E-state index in [1.54, 1.807) is 0 Å². The van der Waals surface area contributed by atoms with Crippen LogP contribution >= 0.6 is 0 Å². The van der Waals surface area contributed by atoms with Gasteiger partial charge < -0.3 is 19.9 Å². The average Bonchev–Trinajstić information content (AvgIpc) is 2.58. The van der Waals surface area contributed by atoms with E-state index in [-0.39, 0.29) is 28.4 Å². The molecule has 3 rings (SSSR count). The first kappa shape index (κ1) is 16.6. The summed E-state index contributed by atoms with van der Waals surface area (Å²) in [6.45, 7) is 0. The Morgan fingerprint density at radius 3 is 2.20 bits per heavy atom. The summed E-state index contributed by atoms with van der Waals surface area (Å²) in [5.74, 6) is -4.14. The molecule has 0 saturated heterocycles. The van der Waals surface area contributed by atoms with Crippen molar-refractivity contribution in [3.63, 3.8) is 0 Å². The van der Waals surface area contributed by atoms with Crippen LogP contribution in [0.25, 0.3) is 11.0 Å². The molecule has 0 saturated carbocycles. The van der Waals surface area contributed by atoms with Crippen molar-refractivity contribution < 1.29 is 27.4 Å². The third-order valence-electron chi connectivity index (χ3n) is 3.32. The van der Waals surface area contributed by atoms with E-state index in [0.29, 0.717) is 0 Å². The first-order valence-corrected chi connectivity index (χ1v) is 6.94. The standard InChI is InChI=1S/C16H12F3N3O3/c1-23-12-5-11-13(22-16(12)24-2)15(10(19)6-21-11)25-14-8(17)3-7(20)4-9(14)18/h3-6H,20H2,1-2H3. The quantitative estimate of drug-likeness (QED) is 0.726. The number of anilines is 1. The third-order valence-corrected chi connectivity index (χ3v) is 3.32. The zero-order chi connectivity index (χ0) is 18.1. The van der Waals surface area contributed by atoms with Crippen molar-refractivity contribution in [3.8, 4) is 23.1 Å². The van der Waals surface area contributed by atoms with E-state index in [9.17, 15) is 13.2 Å². The van der Waals surface area contributed by atoms with Crippen LogP contribution in [0.2, 0.25) is 0 Å². The summed E-state index contributed by atoms with van der Waals surface area (Å²) in [5, 5.41) is 0. The molecule has 0 aliphatic carbocycles. The Morgan fingerprint density at radius 2 is 1.60 bits per heavy atom. The van der Waals surface area contributed by atoms with Crippen molar-refractivity contribution in [3.05, 3.63) is 41.8 Å². The second-order valence-corrected chi connectivity index (χ2v) is 4.92. The maximum Gasteiger partial charge on any atom is 0.257 e. The van der Waals surface area contributed by atoms with E-state index in [1.807, 2.05) is 0 Å². The van der Waals surface area contributed by atoms with Crippen LogP contribution in [-0.2, 0) is 0 Å². The highest BCUT2D eigenvalue weighted by molar-refractivity contribution is 5.83. The van der Waals surface area contributed by atoms with Crippen LogP contribution in [0, 0.1) is 17.5 Å². The normalized spacial score (nSPS) is 10.8. The highest BCUT2D eigenvalue weighted by Crippen LogP contribution is 2.37. The molecule has 0 aliphatic heterocycles. The number of fused-ring (bicyclic) bond motifs is 1. The van der Waals surface area contributed by atoms with Crippen LogP contribution in [0.15, 0.2) is 24.4 Å². The molecule has 2 heterocycles. The van der Waals surface area contributed by atoms with Crippen molar-refractivity contribution in [1.29, 1.82) is 0 Å². The minimum atomic E-state index is -1.08. The first-order valence-electron chi connectivity index (χ1n) is 6.94. The largest absolute Gasteiger partial charge is 0.491 e. The lowest BCUT2D eigenvalue weighted by Crippen LogP contribution is -2.01. The van der Waals surface area contributed by atoms with Crippen LogP contribution in [0.3, 0.4) is 0 Å². The zero-order valence-corrected chi connectivity index (χ0v) is 13.1. The van der Waals surface area contributed by atoms with Gasteiger partial charge >= 0.3 is 0 Å². The Bertz CT molecular complexity index is 943. The monoisotopic (exact) mass is 351 g/mol. The number of nitrogen functional groups attached to an aromatic ring is 1. The second kappa shape index (κ2) is 6.34. The lowest BCUT2D eigenvalue weighted by molar-refractivity contribution is 0.343. The Morgan fingerprint density at radius 1 is 0.920 bits per heavy atom. The van der Waals surface area contributed by atoms with Gasteiger partial charge in [-0.15, -0.1) is 0 Å². The zero-order valence-electron chi connectivity index (χ0n) is 13.1. The van der Waals surface area contributed by atoms with Crippen LogP contribution in [-0.4, -0.2) is 24.2 Å². The molecule has 3 aromatic rings. The van der Waals surface area contributed by atoms with Crippen molar-refractivity contribution >= 4 is 16.7 Å². The molecule has 2 N–H and O–H groups in total. The first-order chi connectivity index (χ1) is 11.9. The van der Waals surface area contributed by atoms with Crippen molar-refractivity contribution in [2.75, 3.05) is 20.0 Å². The van der Waals surface area contributed by atoms with E-state index in [1.165, 1.54) is 20.3 Å². The number of nitrogens with two attached hydrogens (primary N) is 1. The summed E-state index contributed by atoms with van der Waals surface area (Å²) in [4.78, 5) is 7.92. The number of halogens is 3. The molecule has 0 atom stereocenters. The summed E-state index contributed by atoms with van der Waals surface area (Å²) >= 11 is 0.